The van der Waals surface area contributed by atoms with Gasteiger partial charge in [-0.2, -0.15) is 0 Å². The first-order valence-corrected chi connectivity index (χ1v) is 8.82. The summed E-state index contributed by atoms with van der Waals surface area (Å²) in [6.45, 7) is 1.42. The molecule has 1 aliphatic heterocycles. The van der Waals surface area contributed by atoms with E-state index in [1.54, 1.807) is 24.3 Å². The first-order valence-electron chi connectivity index (χ1n) is 8.82. The zero-order valence-electron chi connectivity index (χ0n) is 15.3. The maximum absolute atomic E-state index is 12.2. The lowest BCUT2D eigenvalue weighted by molar-refractivity contribution is -0.135. The average molecular weight is 383 g/mol. The van der Waals surface area contributed by atoms with Crippen LogP contribution in [0.15, 0.2) is 54.6 Å². The fraction of sp³-hybridized carbons (Fsp3) is 0.250. The lowest BCUT2D eigenvalue weighted by Gasteiger charge is -2.25. The van der Waals surface area contributed by atoms with E-state index < -0.39 is 24.0 Å². The predicted molar refractivity (Wildman–Crippen MR) is 100 cm³/mol. The summed E-state index contributed by atoms with van der Waals surface area (Å²) in [7, 11) is 0. The molecule has 0 unspecified atom stereocenters. The van der Waals surface area contributed by atoms with Gasteiger partial charge in [-0.05, 0) is 17.7 Å². The SMILES string of the molecule is CC(=O)N[C@@H](CC(=O)NNC(=O)[C@@H]1COc2ccccc2O1)c1ccccc1. The van der Waals surface area contributed by atoms with Crippen molar-refractivity contribution in [3.8, 4) is 11.5 Å². The number of carbonyl (C=O) groups excluding carboxylic acids is 3. The van der Waals surface area contributed by atoms with Gasteiger partial charge in [0.1, 0.15) is 6.61 Å². The molecule has 3 amide bonds. The highest BCUT2D eigenvalue weighted by Gasteiger charge is 2.27. The number of hydrogen-bond acceptors (Lipinski definition) is 5. The molecule has 0 saturated heterocycles. The van der Waals surface area contributed by atoms with Crippen LogP contribution in [0.5, 0.6) is 11.5 Å². The number of benzene rings is 2. The van der Waals surface area contributed by atoms with E-state index in [1.165, 1.54) is 6.92 Å². The van der Waals surface area contributed by atoms with Gasteiger partial charge in [0, 0.05) is 6.92 Å². The van der Waals surface area contributed by atoms with Crippen molar-refractivity contribution >= 4 is 17.7 Å². The number of rotatable bonds is 5. The van der Waals surface area contributed by atoms with Gasteiger partial charge < -0.3 is 14.8 Å². The lowest BCUT2D eigenvalue weighted by Crippen LogP contribution is -2.51. The summed E-state index contributed by atoms with van der Waals surface area (Å²) in [6.07, 6.45) is -0.912. The minimum atomic E-state index is -0.879. The first-order chi connectivity index (χ1) is 13.5. The van der Waals surface area contributed by atoms with E-state index in [-0.39, 0.29) is 18.9 Å². The smallest absolute Gasteiger partial charge is 0.283 e. The molecule has 0 aromatic heterocycles. The second kappa shape index (κ2) is 8.90. The fourth-order valence-corrected chi connectivity index (χ4v) is 2.78. The number of carbonyl (C=O) groups is 3. The predicted octanol–water partition coefficient (Wildman–Crippen LogP) is 1.24. The minimum absolute atomic E-state index is 0.0330. The second-order valence-electron chi connectivity index (χ2n) is 6.27. The Kier molecular flexibility index (Phi) is 6.11. The minimum Gasteiger partial charge on any atom is -0.485 e. The zero-order valence-corrected chi connectivity index (χ0v) is 15.3. The van der Waals surface area contributed by atoms with Gasteiger partial charge in [-0.1, -0.05) is 42.5 Å². The topological polar surface area (TPSA) is 106 Å². The molecule has 0 bridgehead atoms. The van der Waals surface area contributed by atoms with Crippen molar-refractivity contribution in [3.63, 3.8) is 0 Å². The molecule has 0 spiro atoms. The average Bonchev–Trinajstić information content (AvgIpc) is 2.71. The van der Waals surface area contributed by atoms with Crippen molar-refractivity contribution in [2.75, 3.05) is 6.61 Å². The molecule has 1 aliphatic rings. The van der Waals surface area contributed by atoms with Crippen molar-refractivity contribution < 1.29 is 23.9 Å². The molecule has 2 aromatic rings. The molecule has 2 atom stereocenters. The Hall–Kier alpha value is -3.55. The van der Waals surface area contributed by atoms with E-state index in [0.717, 1.165) is 5.56 Å². The molecule has 0 aliphatic carbocycles. The van der Waals surface area contributed by atoms with Crippen molar-refractivity contribution in [2.45, 2.75) is 25.5 Å². The van der Waals surface area contributed by atoms with E-state index in [4.69, 9.17) is 9.47 Å². The third-order valence-electron chi connectivity index (χ3n) is 4.10. The Labute approximate surface area is 162 Å². The Morgan fingerprint density at radius 2 is 1.68 bits per heavy atom. The third-order valence-corrected chi connectivity index (χ3v) is 4.10. The van der Waals surface area contributed by atoms with Gasteiger partial charge in [0.05, 0.1) is 12.5 Å². The van der Waals surface area contributed by atoms with Crippen molar-refractivity contribution in [1.29, 1.82) is 0 Å². The van der Waals surface area contributed by atoms with E-state index in [1.807, 2.05) is 30.3 Å². The standard InChI is InChI=1S/C20H21N3O5/c1-13(24)21-15(14-7-3-2-4-8-14)11-19(25)22-23-20(26)18-12-27-16-9-5-6-10-17(16)28-18/h2-10,15,18H,11-12H2,1H3,(H,21,24)(H,22,25)(H,23,26)/t15-,18-/m0/s1. The van der Waals surface area contributed by atoms with Gasteiger partial charge >= 0.3 is 0 Å². The number of para-hydroxylation sites is 2. The van der Waals surface area contributed by atoms with Crippen molar-refractivity contribution in [1.82, 2.24) is 16.2 Å². The van der Waals surface area contributed by atoms with Crippen LogP contribution >= 0.6 is 0 Å². The summed E-state index contributed by atoms with van der Waals surface area (Å²) < 4.78 is 11.1. The quantitative estimate of drug-likeness (QED) is 0.674. The molecule has 2 aromatic carbocycles. The molecule has 1 heterocycles. The van der Waals surface area contributed by atoms with Crippen LogP contribution in [-0.2, 0) is 14.4 Å². The highest BCUT2D eigenvalue weighted by molar-refractivity contribution is 5.85. The fourth-order valence-electron chi connectivity index (χ4n) is 2.78. The number of fused-ring (bicyclic) bond motifs is 1. The molecular formula is C20H21N3O5. The van der Waals surface area contributed by atoms with Gasteiger partial charge in [-0.15, -0.1) is 0 Å². The van der Waals surface area contributed by atoms with Gasteiger partial charge in [-0.25, -0.2) is 0 Å². The van der Waals surface area contributed by atoms with Gasteiger partial charge in [-0.3, -0.25) is 25.2 Å². The molecule has 0 radical (unpaired) electrons. The van der Waals surface area contributed by atoms with Gasteiger partial charge in [0.2, 0.25) is 17.9 Å². The Morgan fingerprint density at radius 1 is 1.00 bits per heavy atom. The van der Waals surface area contributed by atoms with E-state index in [2.05, 4.69) is 16.2 Å². The molecular weight excluding hydrogens is 362 g/mol. The summed E-state index contributed by atoms with van der Waals surface area (Å²) in [4.78, 5) is 35.9. The normalized spacial score (nSPS) is 15.8. The van der Waals surface area contributed by atoms with E-state index in [0.29, 0.717) is 11.5 Å². The van der Waals surface area contributed by atoms with Crippen LogP contribution in [0.1, 0.15) is 24.9 Å². The van der Waals surface area contributed by atoms with Gasteiger partial charge in [0.25, 0.3) is 5.91 Å². The van der Waals surface area contributed by atoms with Crippen molar-refractivity contribution in [3.05, 3.63) is 60.2 Å². The van der Waals surface area contributed by atoms with Crippen LogP contribution in [-0.4, -0.2) is 30.4 Å². The second-order valence-corrected chi connectivity index (χ2v) is 6.27. The van der Waals surface area contributed by atoms with Crippen molar-refractivity contribution in [2.24, 2.45) is 0 Å². The zero-order chi connectivity index (χ0) is 19.9. The Bertz CT molecular complexity index is 856. The summed E-state index contributed by atoms with van der Waals surface area (Å²) in [5, 5.41) is 2.73. The van der Waals surface area contributed by atoms with Crippen LogP contribution in [0.3, 0.4) is 0 Å². The number of nitrogens with one attached hydrogen (secondary N) is 3. The highest BCUT2D eigenvalue weighted by atomic mass is 16.6. The summed E-state index contributed by atoms with van der Waals surface area (Å²) >= 11 is 0. The molecule has 28 heavy (non-hydrogen) atoms. The third kappa shape index (κ3) is 5.00. The number of hydrazine groups is 1. The van der Waals surface area contributed by atoms with Crippen LogP contribution in [0.4, 0.5) is 0 Å². The van der Waals surface area contributed by atoms with E-state index in [9.17, 15) is 14.4 Å². The molecule has 0 saturated carbocycles. The summed E-state index contributed by atoms with van der Waals surface area (Å²) in [5.74, 6) is -0.199. The molecule has 146 valence electrons. The maximum Gasteiger partial charge on any atom is 0.283 e. The Balaban J connectivity index is 1.53. The molecule has 8 heteroatoms. The van der Waals surface area contributed by atoms with Crippen LogP contribution in [0.25, 0.3) is 0 Å². The van der Waals surface area contributed by atoms with Crippen LogP contribution in [0.2, 0.25) is 0 Å². The Morgan fingerprint density at radius 3 is 2.39 bits per heavy atom. The maximum atomic E-state index is 12.2. The largest absolute Gasteiger partial charge is 0.485 e. The van der Waals surface area contributed by atoms with Gasteiger partial charge in [0.15, 0.2) is 11.5 Å². The monoisotopic (exact) mass is 383 g/mol. The van der Waals surface area contributed by atoms with E-state index >= 15 is 0 Å². The molecule has 3 rings (SSSR count). The molecule has 3 N–H and O–H groups in total. The number of amides is 3. The lowest BCUT2D eigenvalue weighted by atomic mass is 10.0. The first kappa shape index (κ1) is 19.2. The molecule has 8 nitrogen and oxygen atoms in total. The summed E-state index contributed by atoms with van der Waals surface area (Å²) in [5.41, 5.74) is 5.48. The molecule has 0 fully saturated rings. The number of hydrogen-bond donors (Lipinski definition) is 3. The number of ether oxygens (including phenoxy) is 2. The van der Waals surface area contributed by atoms with Crippen LogP contribution < -0.4 is 25.6 Å². The highest BCUT2D eigenvalue weighted by Crippen LogP contribution is 2.30. The summed E-state index contributed by atoms with van der Waals surface area (Å²) in [6, 6.07) is 15.6. The van der Waals surface area contributed by atoms with Crippen LogP contribution in [0, 0.1) is 0 Å².